The Morgan fingerprint density at radius 2 is 2.00 bits per heavy atom. The highest BCUT2D eigenvalue weighted by molar-refractivity contribution is 6.01. The number of aliphatic hydroxyl groups is 2. The Balaban J connectivity index is 1.70. The van der Waals surface area contributed by atoms with Crippen molar-refractivity contribution in [2.24, 2.45) is 34.5 Å². The van der Waals surface area contributed by atoms with Crippen molar-refractivity contribution in [1.29, 1.82) is 0 Å². The number of hydrogen-bond donors (Lipinski definition) is 2. The predicted molar refractivity (Wildman–Crippen MR) is 109 cm³/mol. The Morgan fingerprint density at radius 1 is 1.30 bits per heavy atom. The molecule has 0 aliphatic heterocycles. The van der Waals surface area contributed by atoms with E-state index < -0.39 is 40.9 Å². The van der Waals surface area contributed by atoms with Gasteiger partial charge in [0, 0.05) is 23.7 Å². The van der Waals surface area contributed by atoms with Crippen LogP contribution < -0.4 is 0 Å². The third kappa shape index (κ3) is 2.79. The Bertz CT molecular complexity index is 858. The van der Waals surface area contributed by atoms with Crippen LogP contribution in [0.3, 0.4) is 0 Å². The van der Waals surface area contributed by atoms with Gasteiger partial charge >= 0.3 is 5.97 Å². The van der Waals surface area contributed by atoms with Crippen LogP contribution in [-0.2, 0) is 19.1 Å². The molecule has 2 N–H and O–H groups in total. The lowest BCUT2D eigenvalue weighted by Crippen LogP contribution is -2.62. The molecule has 0 amide bonds. The van der Waals surface area contributed by atoms with Gasteiger partial charge in [-0.15, -0.1) is 0 Å². The van der Waals surface area contributed by atoms with E-state index in [1.54, 1.807) is 12.2 Å². The van der Waals surface area contributed by atoms with Crippen molar-refractivity contribution in [3.05, 3.63) is 23.8 Å². The van der Waals surface area contributed by atoms with Gasteiger partial charge in [-0.3, -0.25) is 14.4 Å². The summed E-state index contributed by atoms with van der Waals surface area (Å²) in [6.07, 6.45) is 6.71. The van der Waals surface area contributed by atoms with Crippen LogP contribution in [0.1, 0.15) is 53.4 Å². The fourth-order valence-electron chi connectivity index (χ4n) is 7.50. The summed E-state index contributed by atoms with van der Waals surface area (Å²) in [5.41, 5.74) is -1.72. The van der Waals surface area contributed by atoms with Gasteiger partial charge in [0.05, 0.1) is 6.10 Å². The second-order valence-corrected chi connectivity index (χ2v) is 10.3. The number of fused-ring (bicyclic) bond motifs is 5. The summed E-state index contributed by atoms with van der Waals surface area (Å²) in [6, 6.07) is 0. The molecule has 8 atom stereocenters. The number of aliphatic hydroxyl groups excluding tert-OH is 1. The number of esters is 1. The molecule has 0 aromatic rings. The van der Waals surface area contributed by atoms with Crippen LogP contribution in [0.5, 0.6) is 0 Å². The van der Waals surface area contributed by atoms with Crippen molar-refractivity contribution in [1.82, 2.24) is 0 Å². The lowest BCUT2D eigenvalue weighted by Gasteiger charge is -2.60. The second-order valence-electron chi connectivity index (χ2n) is 10.3. The molecular formula is C24H32O6. The van der Waals surface area contributed by atoms with E-state index in [9.17, 15) is 24.6 Å². The lowest BCUT2D eigenvalue weighted by atomic mass is 9.45. The largest absolute Gasteiger partial charge is 0.458 e. The molecule has 4 rings (SSSR count). The van der Waals surface area contributed by atoms with E-state index in [2.05, 4.69) is 13.8 Å². The zero-order valence-electron chi connectivity index (χ0n) is 18.2. The summed E-state index contributed by atoms with van der Waals surface area (Å²) in [7, 11) is 0. The maximum Gasteiger partial charge on any atom is 0.303 e. The first-order valence-corrected chi connectivity index (χ1v) is 11.0. The lowest BCUT2D eigenvalue weighted by molar-refractivity contribution is -0.182. The van der Waals surface area contributed by atoms with Crippen molar-refractivity contribution < 1.29 is 29.3 Å². The molecule has 0 heterocycles. The third-order valence-electron chi connectivity index (χ3n) is 8.84. The maximum absolute atomic E-state index is 12.9. The van der Waals surface area contributed by atoms with Crippen LogP contribution in [0.2, 0.25) is 0 Å². The number of carbonyl (C=O) groups is 3. The van der Waals surface area contributed by atoms with Gasteiger partial charge in [-0.1, -0.05) is 32.4 Å². The fraction of sp³-hybridized carbons (Fsp3) is 0.708. The number of carbonyl (C=O) groups excluding carboxylic acids is 3. The first-order chi connectivity index (χ1) is 13.9. The molecule has 6 nitrogen and oxygen atoms in total. The van der Waals surface area contributed by atoms with Crippen molar-refractivity contribution in [3.8, 4) is 0 Å². The third-order valence-corrected chi connectivity index (χ3v) is 8.84. The Kier molecular flexibility index (Phi) is 4.90. The monoisotopic (exact) mass is 416 g/mol. The molecule has 164 valence electrons. The van der Waals surface area contributed by atoms with Crippen LogP contribution in [0.15, 0.2) is 23.8 Å². The number of hydrogen-bond acceptors (Lipinski definition) is 6. The summed E-state index contributed by atoms with van der Waals surface area (Å²) < 4.78 is 4.89. The van der Waals surface area contributed by atoms with E-state index in [0.29, 0.717) is 19.3 Å². The summed E-state index contributed by atoms with van der Waals surface area (Å²) in [5, 5.41) is 22.9. The highest BCUT2D eigenvalue weighted by Gasteiger charge is 2.68. The Labute approximate surface area is 177 Å². The van der Waals surface area contributed by atoms with Crippen LogP contribution >= 0.6 is 0 Å². The molecule has 0 aromatic carbocycles. The van der Waals surface area contributed by atoms with Gasteiger partial charge in [-0.2, -0.15) is 0 Å². The van der Waals surface area contributed by atoms with Crippen molar-refractivity contribution in [2.45, 2.75) is 65.1 Å². The van der Waals surface area contributed by atoms with Gasteiger partial charge in [0.15, 0.2) is 12.4 Å². The predicted octanol–water partition coefficient (Wildman–Crippen LogP) is 2.37. The number of ether oxygens (including phenoxy) is 1. The molecular weight excluding hydrogens is 384 g/mol. The van der Waals surface area contributed by atoms with Crippen LogP contribution in [0.4, 0.5) is 0 Å². The Morgan fingerprint density at radius 3 is 2.67 bits per heavy atom. The van der Waals surface area contributed by atoms with Crippen LogP contribution in [0, 0.1) is 34.5 Å². The van der Waals surface area contributed by atoms with Gasteiger partial charge < -0.3 is 14.9 Å². The van der Waals surface area contributed by atoms with Gasteiger partial charge in [-0.05, 0) is 55.6 Å². The molecule has 0 saturated heterocycles. The number of Topliss-reactive ketones (excluding diaryl/α,β-unsaturated/α-hetero) is 1. The highest BCUT2D eigenvalue weighted by atomic mass is 16.5. The minimum Gasteiger partial charge on any atom is -0.458 e. The molecule has 0 radical (unpaired) electrons. The zero-order chi connectivity index (χ0) is 22.1. The van der Waals surface area contributed by atoms with Gasteiger partial charge in [0.2, 0.25) is 5.78 Å². The summed E-state index contributed by atoms with van der Waals surface area (Å²) in [5.74, 6) is -0.712. The van der Waals surface area contributed by atoms with Gasteiger partial charge in [0.1, 0.15) is 5.60 Å². The van der Waals surface area contributed by atoms with Crippen molar-refractivity contribution in [2.75, 3.05) is 6.61 Å². The van der Waals surface area contributed by atoms with E-state index in [4.69, 9.17) is 4.74 Å². The molecule has 0 aromatic heterocycles. The summed E-state index contributed by atoms with van der Waals surface area (Å²) in [4.78, 5) is 36.1. The topological polar surface area (TPSA) is 101 Å². The van der Waals surface area contributed by atoms with Crippen molar-refractivity contribution in [3.63, 3.8) is 0 Å². The standard InChI is InChI=1S/C24H32O6/c1-13-9-16-17-6-8-24(29,20(28)12-30-14(2)25)23(17,4)11-19(27)21(16)22(3)7-5-15(26)10-18(13)22/h5,7,10,13,16-17,19,21,27,29H,6,8-9,11-12H2,1-4H3/t13-,16-,17+,19-,21-,22-,23+,24-/m0/s1. The molecule has 3 saturated carbocycles. The average Bonchev–Trinajstić information content (AvgIpc) is 2.93. The molecule has 6 heteroatoms. The fourth-order valence-corrected chi connectivity index (χ4v) is 7.50. The van der Waals surface area contributed by atoms with E-state index in [0.717, 1.165) is 12.0 Å². The summed E-state index contributed by atoms with van der Waals surface area (Å²) in [6.45, 7) is 6.94. The first-order valence-electron chi connectivity index (χ1n) is 11.0. The molecule has 30 heavy (non-hydrogen) atoms. The maximum atomic E-state index is 12.9. The number of allylic oxidation sites excluding steroid dienone is 4. The van der Waals surface area contributed by atoms with E-state index in [1.807, 2.05) is 13.0 Å². The van der Waals surface area contributed by atoms with Crippen LogP contribution in [0.25, 0.3) is 0 Å². The minimum absolute atomic E-state index is 0.00535. The minimum atomic E-state index is -1.61. The molecule has 0 spiro atoms. The molecule has 3 fully saturated rings. The smallest absolute Gasteiger partial charge is 0.303 e. The highest BCUT2D eigenvalue weighted by Crippen LogP contribution is 2.67. The second kappa shape index (κ2) is 6.86. The SMILES string of the molecule is CC(=O)OCC(=O)[C@@]1(O)CC[C@@H]2[C@@H]3C[C@H](C)C4=CC(=O)C=C[C@]4(C)[C@@H]3[C@@H](O)C[C@]21C. The number of rotatable bonds is 3. The summed E-state index contributed by atoms with van der Waals surface area (Å²) >= 11 is 0. The van der Waals surface area contributed by atoms with E-state index in [-0.39, 0.29) is 29.5 Å². The quantitative estimate of drug-likeness (QED) is 0.685. The van der Waals surface area contributed by atoms with E-state index >= 15 is 0 Å². The normalized spacial score (nSPS) is 47.1. The molecule has 4 aliphatic rings. The number of ketones is 2. The molecule has 0 bridgehead atoms. The zero-order valence-corrected chi connectivity index (χ0v) is 18.2. The first kappa shape index (κ1) is 21.4. The Hall–Kier alpha value is -1.79. The van der Waals surface area contributed by atoms with Crippen LogP contribution in [-0.4, -0.2) is 46.1 Å². The van der Waals surface area contributed by atoms with E-state index in [1.165, 1.54) is 6.92 Å². The molecule has 4 aliphatic carbocycles. The van der Waals surface area contributed by atoms with Gasteiger partial charge in [-0.25, -0.2) is 0 Å². The average molecular weight is 417 g/mol. The molecule has 0 unspecified atom stereocenters. The van der Waals surface area contributed by atoms with Gasteiger partial charge in [0.25, 0.3) is 0 Å². The van der Waals surface area contributed by atoms with Crippen molar-refractivity contribution >= 4 is 17.5 Å².